The number of hydrogen-bond acceptors (Lipinski definition) is 3. The minimum absolute atomic E-state index is 0.0940. The van der Waals surface area contributed by atoms with Crippen molar-refractivity contribution in [3.8, 4) is 0 Å². The number of rotatable bonds is 5. The van der Waals surface area contributed by atoms with Crippen LogP contribution in [0.2, 0.25) is 0 Å². The Morgan fingerprint density at radius 3 is 2.25 bits per heavy atom. The number of carbonyl (C=O) groups excluding carboxylic acids is 2. The first-order chi connectivity index (χ1) is 9.60. The molecule has 114 valence electrons. The van der Waals surface area contributed by atoms with Crippen LogP contribution in [0.1, 0.15) is 45.4 Å². The van der Waals surface area contributed by atoms with E-state index in [0.29, 0.717) is 13.1 Å². The average molecular weight is 298 g/mol. The average Bonchev–Trinajstić information content (AvgIpc) is 2.45. The summed E-state index contributed by atoms with van der Waals surface area (Å²) in [5, 5.41) is 0. The Balaban J connectivity index is 1.99. The van der Waals surface area contributed by atoms with E-state index in [1.54, 1.807) is 9.80 Å². The van der Waals surface area contributed by atoms with Gasteiger partial charge in [-0.25, -0.2) is 0 Å². The van der Waals surface area contributed by atoms with Crippen LogP contribution in [0, 0.1) is 5.41 Å². The van der Waals surface area contributed by atoms with Crippen LogP contribution in [-0.2, 0) is 9.59 Å². The smallest absolute Gasteiger partial charge is 0.242 e. The molecule has 1 saturated carbocycles. The maximum Gasteiger partial charge on any atom is 0.242 e. The summed E-state index contributed by atoms with van der Waals surface area (Å²) < 4.78 is 0. The van der Waals surface area contributed by atoms with Gasteiger partial charge in [-0.2, -0.15) is 12.6 Å². The van der Waals surface area contributed by atoms with Gasteiger partial charge in [0, 0.05) is 13.1 Å². The largest absolute Gasteiger partial charge is 0.332 e. The first-order valence-corrected chi connectivity index (χ1v) is 8.40. The number of thiol groups is 1. The highest BCUT2D eigenvalue weighted by atomic mass is 32.1. The van der Waals surface area contributed by atoms with Crippen molar-refractivity contribution < 1.29 is 9.59 Å². The van der Waals surface area contributed by atoms with Gasteiger partial charge in [0.2, 0.25) is 11.8 Å². The third-order valence-electron chi connectivity index (χ3n) is 4.63. The maximum atomic E-state index is 12.3. The van der Waals surface area contributed by atoms with Crippen molar-refractivity contribution in [1.29, 1.82) is 0 Å². The Hall–Kier alpha value is -0.710. The van der Waals surface area contributed by atoms with E-state index in [-0.39, 0.29) is 30.3 Å². The van der Waals surface area contributed by atoms with Crippen LogP contribution in [0.4, 0.5) is 0 Å². The van der Waals surface area contributed by atoms with Gasteiger partial charge < -0.3 is 9.80 Å². The fourth-order valence-corrected chi connectivity index (χ4v) is 3.81. The molecule has 0 atom stereocenters. The van der Waals surface area contributed by atoms with Gasteiger partial charge in [-0.05, 0) is 30.4 Å². The fourth-order valence-electron chi connectivity index (χ4n) is 3.39. The molecule has 1 saturated heterocycles. The second kappa shape index (κ2) is 6.83. The zero-order chi connectivity index (χ0) is 14.6. The Bertz CT molecular complexity index is 367. The predicted molar refractivity (Wildman–Crippen MR) is 82.8 cm³/mol. The lowest BCUT2D eigenvalue weighted by Gasteiger charge is -2.42. The molecule has 5 heteroatoms. The van der Waals surface area contributed by atoms with Crippen LogP contribution in [0.15, 0.2) is 0 Å². The zero-order valence-electron chi connectivity index (χ0n) is 12.4. The Morgan fingerprint density at radius 2 is 1.65 bits per heavy atom. The zero-order valence-corrected chi connectivity index (χ0v) is 13.3. The molecule has 4 nitrogen and oxygen atoms in total. The molecule has 2 aliphatic rings. The van der Waals surface area contributed by atoms with Crippen molar-refractivity contribution >= 4 is 24.4 Å². The molecule has 0 radical (unpaired) electrons. The maximum absolute atomic E-state index is 12.3. The summed E-state index contributed by atoms with van der Waals surface area (Å²) in [6.07, 6.45) is 6.89. The van der Waals surface area contributed by atoms with Crippen molar-refractivity contribution in [1.82, 2.24) is 9.80 Å². The summed E-state index contributed by atoms with van der Waals surface area (Å²) in [7, 11) is 0. The van der Waals surface area contributed by atoms with Crippen LogP contribution in [0.3, 0.4) is 0 Å². The molecule has 0 bridgehead atoms. The molecule has 2 fully saturated rings. The van der Waals surface area contributed by atoms with E-state index in [1.165, 1.54) is 19.3 Å². The molecule has 20 heavy (non-hydrogen) atoms. The van der Waals surface area contributed by atoms with E-state index in [4.69, 9.17) is 0 Å². The van der Waals surface area contributed by atoms with Crippen molar-refractivity contribution in [3.05, 3.63) is 0 Å². The van der Waals surface area contributed by atoms with Gasteiger partial charge in [-0.15, -0.1) is 0 Å². The predicted octanol–water partition coefficient (Wildman–Crippen LogP) is 1.95. The highest BCUT2D eigenvalue weighted by Crippen LogP contribution is 2.38. The van der Waals surface area contributed by atoms with Crippen LogP contribution >= 0.6 is 12.6 Å². The van der Waals surface area contributed by atoms with Crippen molar-refractivity contribution in [2.45, 2.75) is 45.4 Å². The number of hydrogen-bond donors (Lipinski definition) is 1. The van der Waals surface area contributed by atoms with Crippen molar-refractivity contribution in [2.75, 3.05) is 31.9 Å². The first-order valence-electron chi connectivity index (χ1n) is 7.77. The van der Waals surface area contributed by atoms with E-state index >= 15 is 0 Å². The number of nitrogens with zero attached hydrogens (tertiary/aromatic N) is 2. The van der Waals surface area contributed by atoms with Gasteiger partial charge in [0.05, 0.1) is 13.1 Å². The van der Waals surface area contributed by atoms with E-state index in [1.807, 2.05) is 6.92 Å². The van der Waals surface area contributed by atoms with Crippen molar-refractivity contribution in [2.24, 2.45) is 5.41 Å². The third kappa shape index (κ3) is 3.48. The van der Waals surface area contributed by atoms with E-state index in [9.17, 15) is 9.59 Å². The van der Waals surface area contributed by atoms with Gasteiger partial charge >= 0.3 is 0 Å². The third-order valence-corrected chi connectivity index (χ3v) is 5.30. The molecule has 0 aromatic heterocycles. The highest BCUT2D eigenvalue weighted by molar-refractivity contribution is 7.80. The van der Waals surface area contributed by atoms with Gasteiger partial charge in [0.25, 0.3) is 0 Å². The second-order valence-corrected chi connectivity index (χ2v) is 6.60. The van der Waals surface area contributed by atoms with Crippen LogP contribution in [0.5, 0.6) is 0 Å². The normalized spacial score (nSPS) is 23.3. The number of amides is 2. The minimum atomic E-state index is 0.0940. The molecule has 0 unspecified atom stereocenters. The summed E-state index contributed by atoms with van der Waals surface area (Å²) in [6.45, 7) is 3.95. The lowest BCUT2D eigenvalue weighted by atomic mass is 9.75. The molecule has 1 aliphatic heterocycles. The standard InChI is InChI=1S/C15H26N2O2S/c1-2-8-16-9-14(19)17(10-13(16)18)11-15(12-20)6-4-3-5-7-15/h20H,2-12H2,1H3. The number of piperazine rings is 1. The monoisotopic (exact) mass is 298 g/mol. The lowest BCUT2D eigenvalue weighted by Crippen LogP contribution is -2.56. The quantitative estimate of drug-likeness (QED) is 0.788. The summed E-state index contributed by atoms with van der Waals surface area (Å²) in [4.78, 5) is 27.8. The summed E-state index contributed by atoms with van der Waals surface area (Å²) >= 11 is 4.52. The van der Waals surface area contributed by atoms with E-state index in [2.05, 4.69) is 12.6 Å². The van der Waals surface area contributed by atoms with Gasteiger partial charge in [-0.1, -0.05) is 26.2 Å². The first kappa shape index (κ1) is 15.7. The van der Waals surface area contributed by atoms with Crippen LogP contribution < -0.4 is 0 Å². The topological polar surface area (TPSA) is 40.6 Å². The summed E-state index contributed by atoms with van der Waals surface area (Å²) in [5.74, 6) is 1.00. The Labute approximate surface area is 127 Å². The van der Waals surface area contributed by atoms with E-state index < -0.39 is 0 Å². The molecular weight excluding hydrogens is 272 g/mol. The second-order valence-electron chi connectivity index (χ2n) is 6.28. The Morgan fingerprint density at radius 1 is 1.05 bits per heavy atom. The molecule has 2 amide bonds. The van der Waals surface area contributed by atoms with Gasteiger partial charge in [-0.3, -0.25) is 9.59 Å². The summed E-state index contributed by atoms with van der Waals surface area (Å²) in [6, 6.07) is 0. The molecule has 0 N–H and O–H groups in total. The highest BCUT2D eigenvalue weighted by Gasteiger charge is 2.37. The van der Waals surface area contributed by atoms with Gasteiger partial charge in [0.1, 0.15) is 0 Å². The molecule has 1 aliphatic carbocycles. The van der Waals surface area contributed by atoms with Crippen LogP contribution in [-0.4, -0.2) is 53.5 Å². The van der Waals surface area contributed by atoms with Gasteiger partial charge in [0.15, 0.2) is 0 Å². The van der Waals surface area contributed by atoms with Crippen molar-refractivity contribution in [3.63, 3.8) is 0 Å². The molecular formula is C15H26N2O2S. The molecule has 0 spiro atoms. The Kier molecular flexibility index (Phi) is 5.35. The van der Waals surface area contributed by atoms with E-state index in [0.717, 1.165) is 25.0 Å². The minimum Gasteiger partial charge on any atom is -0.332 e. The van der Waals surface area contributed by atoms with Crippen LogP contribution in [0.25, 0.3) is 0 Å². The SMILES string of the molecule is CCCN1CC(=O)N(CC2(CS)CCCCC2)CC1=O. The molecule has 1 heterocycles. The molecule has 0 aromatic rings. The molecule has 2 rings (SSSR count). The summed E-state index contributed by atoms with van der Waals surface area (Å²) in [5.41, 5.74) is 0.129. The lowest BCUT2D eigenvalue weighted by molar-refractivity contribution is -0.151. The number of carbonyl (C=O) groups is 2. The fraction of sp³-hybridized carbons (Fsp3) is 0.867. The molecule has 0 aromatic carbocycles.